The number of esters is 1. The first-order valence-corrected chi connectivity index (χ1v) is 3.84. The Labute approximate surface area is 67.4 Å². The summed E-state index contributed by atoms with van der Waals surface area (Å²) in [6, 6.07) is 0. The number of carbonyl (C=O) groups is 1. The van der Waals surface area contributed by atoms with E-state index in [0.717, 1.165) is 6.42 Å². The van der Waals surface area contributed by atoms with Crippen LogP contribution in [-0.4, -0.2) is 23.3 Å². The summed E-state index contributed by atoms with van der Waals surface area (Å²) in [5.74, 6) is -0.334. The number of aliphatic hydroxyl groups excluding tert-OH is 1. The van der Waals surface area contributed by atoms with Gasteiger partial charge in [0.2, 0.25) is 0 Å². The van der Waals surface area contributed by atoms with Crippen LogP contribution in [0.5, 0.6) is 0 Å². The summed E-state index contributed by atoms with van der Waals surface area (Å²) in [6.45, 7) is 5.51. The predicted octanol–water partition coefficient (Wildman–Crippen LogP) is 1.10. The molecule has 1 N–H and O–H groups in total. The third-order valence-corrected chi connectivity index (χ3v) is 1.56. The van der Waals surface area contributed by atoms with E-state index in [4.69, 9.17) is 9.84 Å². The first-order valence-electron chi connectivity index (χ1n) is 3.84. The second-order valence-electron chi connectivity index (χ2n) is 3.06. The van der Waals surface area contributed by atoms with Gasteiger partial charge in [-0.1, -0.05) is 6.92 Å². The van der Waals surface area contributed by atoms with Crippen LogP contribution >= 0.6 is 0 Å². The van der Waals surface area contributed by atoms with E-state index in [1.807, 2.05) is 20.8 Å². The molecular weight excluding hydrogens is 144 g/mol. The Morgan fingerprint density at radius 2 is 2.09 bits per heavy atom. The highest BCUT2D eigenvalue weighted by atomic mass is 16.6. The molecule has 0 aromatic carbocycles. The van der Waals surface area contributed by atoms with Crippen LogP contribution in [0.25, 0.3) is 0 Å². The lowest BCUT2D eigenvalue weighted by Gasteiger charge is -2.22. The fraction of sp³-hybridized carbons (Fsp3) is 0.875. The summed E-state index contributed by atoms with van der Waals surface area (Å²) in [4.78, 5) is 10.8. The molecule has 0 fully saturated rings. The quantitative estimate of drug-likeness (QED) is 0.626. The average molecular weight is 160 g/mol. The molecule has 3 heteroatoms. The van der Waals surface area contributed by atoms with E-state index in [-0.39, 0.29) is 19.0 Å². The van der Waals surface area contributed by atoms with Crippen molar-refractivity contribution in [3.05, 3.63) is 0 Å². The minimum absolute atomic E-state index is 0.0867. The Morgan fingerprint density at radius 1 is 1.55 bits per heavy atom. The minimum atomic E-state index is -0.397. The minimum Gasteiger partial charge on any atom is -0.460 e. The number of ether oxygens (including phenoxy) is 1. The molecule has 0 aliphatic heterocycles. The zero-order valence-electron chi connectivity index (χ0n) is 7.39. The highest BCUT2D eigenvalue weighted by molar-refractivity contribution is 5.69. The van der Waals surface area contributed by atoms with Crippen LogP contribution in [0.3, 0.4) is 0 Å². The molecule has 0 bridgehead atoms. The first kappa shape index (κ1) is 10.4. The topological polar surface area (TPSA) is 46.5 Å². The van der Waals surface area contributed by atoms with Gasteiger partial charge in [0.25, 0.3) is 0 Å². The number of hydrogen-bond acceptors (Lipinski definition) is 3. The lowest BCUT2D eigenvalue weighted by Crippen LogP contribution is -2.27. The van der Waals surface area contributed by atoms with Crippen molar-refractivity contribution < 1.29 is 14.6 Å². The van der Waals surface area contributed by atoms with Crippen LogP contribution in [-0.2, 0) is 9.53 Å². The lowest BCUT2D eigenvalue weighted by atomic mass is 10.1. The molecule has 0 heterocycles. The standard InChI is InChI=1S/C8H16O3/c1-4-8(2,3)11-7(10)5-6-9/h9H,4-6H2,1-3H3. The van der Waals surface area contributed by atoms with E-state index in [2.05, 4.69) is 0 Å². The SMILES string of the molecule is CCC(C)(C)OC(=O)CCO. The second-order valence-corrected chi connectivity index (χ2v) is 3.06. The van der Waals surface area contributed by atoms with Gasteiger partial charge in [0.15, 0.2) is 0 Å². The molecule has 3 nitrogen and oxygen atoms in total. The number of carbonyl (C=O) groups excluding carboxylic acids is 1. The number of aliphatic hydroxyl groups is 1. The highest BCUT2D eigenvalue weighted by Gasteiger charge is 2.19. The zero-order chi connectivity index (χ0) is 8.91. The summed E-state index contributed by atoms with van der Waals surface area (Å²) in [6.07, 6.45) is 0.869. The van der Waals surface area contributed by atoms with Crippen molar-refractivity contribution in [3.8, 4) is 0 Å². The van der Waals surface area contributed by atoms with Crippen molar-refractivity contribution in [2.24, 2.45) is 0 Å². The van der Waals surface area contributed by atoms with Crippen molar-refractivity contribution in [3.63, 3.8) is 0 Å². The number of hydrogen-bond donors (Lipinski definition) is 1. The summed E-state index contributed by atoms with van der Waals surface area (Å²) in [5.41, 5.74) is -0.397. The fourth-order valence-corrected chi connectivity index (χ4v) is 0.523. The molecular formula is C8H16O3. The van der Waals surface area contributed by atoms with Gasteiger partial charge in [-0.3, -0.25) is 4.79 Å². The Bertz CT molecular complexity index is 129. The Kier molecular flexibility index (Phi) is 4.11. The van der Waals surface area contributed by atoms with E-state index in [9.17, 15) is 4.79 Å². The smallest absolute Gasteiger partial charge is 0.308 e. The number of rotatable bonds is 4. The predicted molar refractivity (Wildman–Crippen MR) is 42.2 cm³/mol. The first-order chi connectivity index (χ1) is 5.02. The molecule has 0 saturated heterocycles. The highest BCUT2D eigenvalue weighted by Crippen LogP contribution is 2.13. The molecule has 0 amide bonds. The van der Waals surface area contributed by atoms with Gasteiger partial charge in [-0.05, 0) is 20.3 Å². The monoisotopic (exact) mass is 160 g/mol. The van der Waals surface area contributed by atoms with Gasteiger partial charge in [-0.2, -0.15) is 0 Å². The molecule has 0 aromatic heterocycles. The van der Waals surface area contributed by atoms with Crippen LogP contribution in [0.15, 0.2) is 0 Å². The van der Waals surface area contributed by atoms with Crippen LogP contribution in [0, 0.1) is 0 Å². The molecule has 0 aliphatic carbocycles. The normalized spacial score (nSPS) is 11.3. The van der Waals surface area contributed by atoms with Crippen LogP contribution in [0.4, 0.5) is 0 Å². The van der Waals surface area contributed by atoms with Crippen LogP contribution in [0.2, 0.25) is 0 Å². The third kappa shape index (κ3) is 4.79. The molecule has 66 valence electrons. The van der Waals surface area contributed by atoms with E-state index in [1.165, 1.54) is 0 Å². The van der Waals surface area contributed by atoms with Gasteiger partial charge in [0.1, 0.15) is 5.60 Å². The second kappa shape index (κ2) is 4.34. The van der Waals surface area contributed by atoms with Crippen molar-refractivity contribution in [2.75, 3.05) is 6.61 Å². The summed E-state index contributed by atoms with van der Waals surface area (Å²) >= 11 is 0. The van der Waals surface area contributed by atoms with E-state index in [1.54, 1.807) is 0 Å². The molecule has 0 atom stereocenters. The van der Waals surface area contributed by atoms with Gasteiger partial charge in [-0.25, -0.2) is 0 Å². The van der Waals surface area contributed by atoms with Crippen molar-refractivity contribution in [2.45, 2.75) is 39.2 Å². The Morgan fingerprint density at radius 3 is 2.45 bits per heavy atom. The van der Waals surface area contributed by atoms with Gasteiger partial charge in [0.05, 0.1) is 13.0 Å². The molecule has 0 aromatic rings. The Hall–Kier alpha value is -0.570. The molecule has 0 unspecified atom stereocenters. The zero-order valence-corrected chi connectivity index (χ0v) is 7.39. The van der Waals surface area contributed by atoms with Gasteiger partial charge >= 0.3 is 5.97 Å². The van der Waals surface area contributed by atoms with Crippen LogP contribution < -0.4 is 0 Å². The van der Waals surface area contributed by atoms with Crippen molar-refractivity contribution >= 4 is 5.97 Å². The third-order valence-electron chi connectivity index (χ3n) is 1.56. The van der Waals surface area contributed by atoms with Crippen molar-refractivity contribution in [1.82, 2.24) is 0 Å². The molecule has 0 rings (SSSR count). The van der Waals surface area contributed by atoms with E-state index in [0.29, 0.717) is 0 Å². The molecule has 0 radical (unpaired) electrons. The Balaban J connectivity index is 3.74. The summed E-state index contributed by atoms with van der Waals surface area (Å²) in [7, 11) is 0. The van der Waals surface area contributed by atoms with E-state index >= 15 is 0 Å². The van der Waals surface area contributed by atoms with Crippen LogP contribution in [0.1, 0.15) is 33.6 Å². The van der Waals surface area contributed by atoms with Crippen molar-refractivity contribution in [1.29, 1.82) is 0 Å². The average Bonchev–Trinajstić information content (AvgIpc) is 1.87. The maximum atomic E-state index is 10.8. The largest absolute Gasteiger partial charge is 0.460 e. The fourth-order valence-electron chi connectivity index (χ4n) is 0.523. The summed E-state index contributed by atoms with van der Waals surface area (Å²) < 4.78 is 5.03. The molecule has 0 saturated carbocycles. The molecule has 0 aliphatic rings. The summed E-state index contributed by atoms with van der Waals surface area (Å²) in [5, 5.41) is 8.41. The maximum absolute atomic E-state index is 10.8. The van der Waals surface area contributed by atoms with Gasteiger partial charge in [0, 0.05) is 0 Å². The molecule has 11 heavy (non-hydrogen) atoms. The lowest BCUT2D eigenvalue weighted by molar-refractivity contribution is -0.157. The maximum Gasteiger partial charge on any atom is 0.308 e. The van der Waals surface area contributed by atoms with Gasteiger partial charge < -0.3 is 9.84 Å². The molecule has 0 spiro atoms. The van der Waals surface area contributed by atoms with E-state index < -0.39 is 5.60 Å². The van der Waals surface area contributed by atoms with Gasteiger partial charge in [-0.15, -0.1) is 0 Å².